The zero-order valence-corrected chi connectivity index (χ0v) is 6.86. The first-order valence-corrected chi connectivity index (χ1v) is 3.86. The van der Waals surface area contributed by atoms with Crippen LogP contribution in [0.1, 0.15) is 5.56 Å². The second-order valence-corrected chi connectivity index (χ2v) is 2.72. The topological polar surface area (TPSA) is 62.7 Å². The van der Waals surface area contributed by atoms with Gasteiger partial charge in [-0.2, -0.15) is 5.26 Å². The summed E-state index contributed by atoms with van der Waals surface area (Å²) in [6.07, 6.45) is 1.67. The summed E-state index contributed by atoms with van der Waals surface area (Å²) in [4.78, 5) is 3.93. The van der Waals surface area contributed by atoms with Gasteiger partial charge in [-0.05, 0) is 0 Å². The Hall–Kier alpha value is -2.08. The molecule has 1 aromatic heterocycles. The molecule has 2 N–H and O–H groups in total. The van der Waals surface area contributed by atoms with Gasteiger partial charge in [0.25, 0.3) is 0 Å². The number of nitrogens with two attached hydrogens (primary N) is 1. The maximum atomic E-state index is 8.85. The normalized spacial score (nSPS) is 9.77. The van der Waals surface area contributed by atoms with E-state index in [9.17, 15) is 0 Å². The summed E-state index contributed by atoms with van der Waals surface area (Å²) in [5.74, 6) is 0.293. The minimum atomic E-state index is 0.293. The molecule has 1 heterocycles. The first-order chi connectivity index (χ1) is 6.33. The van der Waals surface area contributed by atoms with E-state index in [2.05, 4.69) is 11.1 Å². The number of hydrogen-bond acceptors (Lipinski definition) is 3. The van der Waals surface area contributed by atoms with Gasteiger partial charge < -0.3 is 5.73 Å². The van der Waals surface area contributed by atoms with E-state index in [4.69, 9.17) is 11.0 Å². The van der Waals surface area contributed by atoms with Gasteiger partial charge >= 0.3 is 0 Å². The number of rotatable bonds is 0. The van der Waals surface area contributed by atoms with Crippen LogP contribution in [0.4, 0.5) is 5.82 Å². The highest BCUT2D eigenvalue weighted by atomic mass is 14.8. The van der Waals surface area contributed by atoms with Crippen LogP contribution in [0.15, 0.2) is 30.5 Å². The van der Waals surface area contributed by atoms with Crippen LogP contribution < -0.4 is 5.73 Å². The van der Waals surface area contributed by atoms with Gasteiger partial charge in [0.1, 0.15) is 17.5 Å². The van der Waals surface area contributed by atoms with Gasteiger partial charge in [0.2, 0.25) is 0 Å². The van der Waals surface area contributed by atoms with Crippen LogP contribution >= 0.6 is 0 Å². The first-order valence-electron chi connectivity index (χ1n) is 3.86. The van der Waals surface area contributed by atoms with Crippen LogP contribution in [0.5, 0.6) is 0 Å². The van der Waals surface area contributed by atoms with Gasteiger partial charge in [-0.25, -0.2) is 4.98 Å². The third-order valence-corrected chi connectivity index (χ3v) is 1.94. The Kier molecular flexibility index (Phi) is 1.60. The van der Waals surface area contributed by atoms with Crippen LogP contribution in [-0.2, 0) is 0 Å². The first kappa shape index (κ1) is 7.56. The fourth-order valence-electron chi connectivity index (χ4n) is 1.30. The van der Waals surface area contributed by atoms with E-state index in [1.54, 1.807) is 6.20 Å². The largest absolute Gasteiger partial charge is 0.383 e. The van der Waals surface area contributed by atoms with E-state index in [-0.39, 0.29) is 0 Å². The molecular formula is C10H7N3. The van der Waals surface area contributed by atoms with Crippen LogP contribution in [0, 0.1) is 11.3 Å². The SMILES string of the molecule is N#Cc1c(N)ncc2ccccc12. The Morgan fingerprint density at radius 2 is 2.08 bits per heavy atom. The molecule has 0 aliphatic rings. The molecule has 0 atom stereocenters. The Morgan fingerprint density at radius 1 is 1.31 bits per heavy atom. The molecular weight excluding hydrogens is 162 g/mol. The molecule has 3 nitrogen and oxygen atoms in total. The zero-order chi connectivity index (χ0) is 9.26. The predicted molar refractivity (Wildman–Crippen MR) is 50.9 cm³/mol. The van der Waals surface area contributed by atoms with Crippen LogP contribution in [0.3, 0.4) is 0 Å². The number of nitrogen functional groups attached to an aromatic ring is 1. The van der Waals surface area contributed by atoms with Gasteiger partial charge in [-0.3, -0.25) is 0 Å². The van der Waals surface area contributed by atoms with Crippen molar-refractivity contribution in [3.8, 4) is 6.07 Å². The van der Waals surface area contributed by atoms with E-state index in [1.807, 2.05) is 24.3 Å². The highest BCUT2D eigenvalue weighted by Crippen LogP contribution is 2.20. The fraction of sp³-hybridized carbons (Fsp3) is 0. The van der Waals surface area contributed by atoms with Crippen molar-refractivity contribution in [1.82, 2.24) is 4.98 Å². The van der Waals surface area contributed by atoms with Crippen molar-refractivity contribution in [3.05, 3.63) is 36.0 Å². The molecule has 0 spiro atoms. The third-order valence-electron chi connectivity index (χ3n) is 1.94. The maximum absolute atomic E-state index is 8.85. The fourth-order valence-corrected chi connectivity index (χ4v) is 1.30. The van der Waals surface area contributed by atoms with Crippen molar-refractivity contribution in [1.29, 1.82) is 5.26 Å². The molecule has 0 aliphatic carbocycles. The summed E-state index contributed by atoms with van der Waals surface area (Å²) in [7, 11) is 0. The Labute approximate surface area is 75.4 Å². The lowest BCUT2D eigenvalue weighted by atomic mass is 10.1. The quantitative estimate of drug-likeness (QED) is 0.652. The average Bonchev–Trinajstić information content (AvgIpc) is 2.18. The molecule has 0 unspecified atom stereocenters. The Balaban J connectivity index is 2.94. The van der Waals surface area contributed by atoms with Gasteiger partial charge in [0, 0.05) is 17.0 Å². The summed E-state index contributed by atoms with van der Waals surface area (Å²) < 4.78 is 0. The highest BCUT2D eigenvalue weighted by Gasteiger charge is 2.03. The van der Waals surface area contributed by atoms with E-state index >= 15 is 0 Å². The second kappa shape index (κ2) is 2.76. The summed E-state index contributed by atoms with van der Waals surface area (Å²) in [5.41, 5.74) is 6.02. The van der Waals surface area contributed by atoms with Gasteiger partial charge in [-0.1, -0.05) is 24.3 Å². The monoisotopic (exact) mass is 169 g/mol. The molecule has 0 radical (unpaired) electrons. The number of benzene rings is 1. The lowest BCUT2D eigenvalue weighted by Gasteiger charge is -2.00. The Morgan fingerprint density at radius 3 is 2.85 bits per heavy atom. The zero-order valence-electron chi connectivity index (χ0n) is 6.86. The summed E-state index contributed by atoms with van der Waals surface area (Å²) in [6.45, 7) is 0. The molecule has 0 saturated heterocycles. The molecule has 62 valence electrons. The number of nitrogens with zero attached hydrogens (tertiary/aromatic N) is 2. The molecule has 3 heteroatoms. The molecule has 2 rings (SSSR count). The molecule has 0 bridgehead atoms. The van der Waals surface area contributed by atoms with Crippen molar-refractivity contribution < 1.29 is 0 Å². The minimum absolute atomic E-state index is 0.293. The summed E-state index contributed by atoms with van der Waals surface area (Å²) in [5, 5.41) is 10.6. The second-order valence-electron chi connectivity index (χ2n) is 2.72. The van der Waals surface area contributed by atoms with E-state index in [1.165, 1.54) is 0 Å². The number of fused-ring (bicyclic) bond motifs is 1. The molecule has 0 aliphatic heterocycles. The number of pyridine rings is 1. The van der Waals surface area contributed by atoms with Crippen molar-refractivity contribution >= 4 is 16.6 Å². The van der Waals surface area contributed by atoms with Crippen LogP contribution in [0.25, 0.3) is 10.8 Å². The third kappa shape index (κ3) is 1.09. The van der Waals surface area contributed by atoms with Crippen LogP contribution in [0.2, 0.25) is 0 Å². The van der Waals surface area contributed by atoms with Crippen molar-refractivity contribution in [2.75, 3.05) is 5.73 Å². The molecule has 0 fully saturated rings. The van der Waals surface area contributed by atoms with Crippen molar-refractivity contribution in [2.24, 2.45) is 0 Å². The lowest BCUT2D eigenvalue weighted by Crippen LogP contribution is -1.94. The van der Waals surface area contributed by atoms with Gasteiger partial charge in [0.15, 0.2) is 0 Å². The number of aromatic nitrogens is 1. The molecule has 13 heavy (non-hydrogen) atoms. The summed E-state index contributed by atoms with van der Waals surface area (Å²) >= 11 is 0. The van der Waals surface area contributed by atoms with Crippen LogP contribution in [-0.4, -0.2) is 4.98 Å². The standard InChI is InChI=1S/C10H7N3/c11-5-9-8-4-2-1-3-7(8)6-13-10(9)12/h1-4,6H,(H2,12,13). The van der Waals surface area contributed by atoms with Crippen molar-refractivity contribution in [3.63, 3.8) is 0 Å². The maximum Gasteiger partial charge on any atom is 0.141 e. The predicted octanol–water partition coefficient (Wildman–Crippen LogP) is 1.69. The van der Waals surface area contributed by atoms with E-state index in [0.29, 0.717) is 11.4 Å². The van der Waals surface area contributed by atoms with Gasteiger partial charge in [-0.15, -0.1) is 0 Å². The smallest absolute Gasteiger partial charge is 0.141 e. The van der Waals surface area contributed by atoms with E-state index < -0.39 is 0 Å². The average molecular weight is 169 g/mol. The Bertz CT molecular complexity index is 497. The molecule has 1 aromatic carbocycles. The van der Waals surface area contributed by atoms with Crippen molar-refractivity contribution in [2.45, 2.75) is 0 Å². The molecule has 2 aromatic rings. The number of anilines is 1. The van der Waals surface area contributed by atoms with E-state index in [0.717, 1.165) is 10.8 Å². The molecule has 0 amide bonds. The van der Waals surface area contributed by atoms with Gasteiger partial charge in [0.05, 0.1) is 0 Å². The minimum Gasteiger partial charge on any atom is -0.383 e. The number of hydrogen-bond donors (Lipinski definition) is 1. The molecule has 0 saturated carbocycles. The lowest BCUT2D eigenvalue weighted by molar-refractivity contribution is 1.34. The highest BCUT2D eigenvalue weighted by molar-refractivity contribution is 5.90. The summed E-state index contributed by atoms with van der Waals surface area (Å²) in [6, 6.07) is 9.60. The number of nitriles is 1.